The van der Waals surface area contributed by atoms with E-state index in [0.717, 1.165) is 32.0 Å². The lowest BCUT2D eigenvalue weighted by atomic mass is 10.3. The Morgan fingerprint density at radius 3 is 2.92 bits per heavy atom. The summed E-state index contributed by atoms with van der Waals surface area (Å²) in [5, 5.41) is 7.60. The van der Waals surface area contributed by atoms with E-state index in [-0.39, 0.29) is 5.91 Å². The SMILES string of the molecule is CNC(=O)c1ccc(Nc2nc(C)c(-c3cnc4ccccn34)s2)s1. The molecule has 0 saturated carbocycles. The number of hydrogen-bond donors (Lipinski definition) is 2. The lowest BCUT2D eigenvalue weighted by molar-refractivity contribution is 0.0967. The number of carbonyl (C=O) groups excluding carboxylic acids is 1. The van der Waals surface area contributed by atoms with Crippen molar-refractivity contribution in [3.63, 3.8) is 0 Å². The maximum absolute atomic E-state index is 11.7. The first-order valence-electron chi connectivity index (χ1n) is 7.64. The number of thiophene rings is 1. The number of aryl methyl sites for hydroxylation is 1. The topological polar surface area (TPSA) is 71.3 Å². The molecule has 0 aliphatic heterocycles. The van der Waals surface area contributed by atoms with Crippen LogP contribution < -0.4 is 10.6 Å². The van der Waals surface area contributed by atoms with Gasteiger partial charge in [0.25, 0.3) is 5.91 Å². The number of pyridine rings is 1. The van der Waals surface area contributed by atoms with Crippen molar-refractivity contribution in [2.45, 2.75) is 6.92 Å². The van der Waals surface area contributed by atoms with Gasteiger partial charge in [-0.1, -0.05) is 17.4 Å². The Kier molecular flexibility index (Phi) is 3.98. The van der Waals surface area contributed by atoms with E-state index < -0.39 is 0 Å². The van der Waals surface area contributed by atoms with Gasteiger partial charge < -0.3 is 10.6 Å². The first-order valence-corrected chi connectivity index (χ1v) is 9.28. The van der Waals surface area contributed by atoms with Crippen molar-refractivity contribution in [3.05, 3.63) is 53.3 Å². The van der Waals surface area contributed by atoms with E-state index in [9.17, 15) is 4.79 Å². The summed E-state index contributed by atoms with van der Waals surface area (Å²) in [6, 6.07) is 9.63. The van der Waals surface area contributed by atoms with Gasteiger partial charge in [-0.25, -0.2) is 9.97 Å². The first kappa shape index (κ1) is 15.8. The van der Waals surface area contributed by atoms with Gasteiger partial charge in [0.2, 0.25) is 0 Å². The van der Waals surface area contributed by atoms with Gasteiger partial charge in [-0.2, -0.15) is 0 Å². The van der Waals surface area contributed by atoms with Crippen molar-refractivity contribution in [1.82, 2.24) is 19.7 Å². The van der Waals surface area contributed by atoms with Crippen LogP contribution in [0.4, 0.5) is 10.1 Å². The van der Waals surface area contributed by atoms with Crippen LogP contribution in [0, 0.1) is 6.92 Å². The van der Waals surface area contributed by atoms with E-state index in [0.29, 0.717) is 4.88 Å². The quantitative estimate of drug-likeness (QED) is 0.572. The molecule has 0 aliphatic rings. The minimum Gasteiger partial charge on any atom is -0.354 e. The zero-order valence-electron chi connectivity index (χ0n) is 13.6. The van der Waals surface area contributed by atoms with E-state index in [1.54, 1.807) is 24.5 Å². The number of nitrogens with one attached hydrogen (secondary N) is 2. The molecule has 2 N–H and O–H groups in total. The normalized spacial score (nSPS) is 11.0. The van der Waals surface area contributed by atoms with Gasteiger partial charge in [-0.15, -0.1) is 11.3 Å². The monoisotopic (exact) mass is 369 g/mol. The minimum atomic E-state index is -0.0835. The molecule has 0 saturated heterocycles. The summed E-state index contributed by atoms with van der Waals surface area (Å²) in [7, 11) is 1.63. The Bertz CT molecular complexity index is 1060. The molecule has 0 atom stereocenters. The van der Waals surface area contributed by atoms with E-state index in [1.807, 2.05) is 43.6 Å². The van der Waals surface area contributed by atoms with Crippen molar-refractivity contribution in [2.75, 3.05) is 12.4 Å². The number of rotatable bonds is 4. The van der Waals surface area contributed by atoms with Crippen molar-refractivity contribution in [2.24, 2.45) is 0 Å². The van der Waals surface area contributed by atoms with E-state index in [1.165, 1.54) is 11.3 Å². The number of fused-ring (bicyclic) bond motifs is 1. The molecule has 0 radical (unpaired) electrons. The van der Waals surface area contributed by atoms with E-state index in [2.05, 4.69) is 25.0 Å². The Balaban J connectivity index is 1.64. The molecule has 8 heteroatoms. The molecular formula is C17H15N5OS2. The van der Waals surface area contributed by atoms with Crippen LogP contribution in [0.3, 0.4) is 0 Å². The van der Waals surface area contributed by atoms with Gasteiger partial charge in [-0.05, 0) is 31.2 Å². The van der Waals surface area contributed by atoms with Crippen molar-refractivity contribution in [3.8, 4) is 10.6 Å². The van der Waals surface area contributed by atoms with Crippen LogP contribution >= 0.6 is 22.7 Å². The van der Waals surface area contributed by atoms with Crippen molar-refractivity contribution >= 4 is 44.4 Å². The van der Waals surface area contributed by atoms with Gasteiger partial charge in [-0.3, -0.25) is 9.20 Å². The zero-order chi connectivity index (χ0) is 17.4. The molecule has 25 heavy (non-hydrogen) atoms. The smallest absolute Gasteiger partial charge is 0.261 e. The highest BCUT2D eigenvalue weighted by Crippen LogP contribution is 2.35. The number of imidazole rings is 1. The average molecular weight is 369 g/mol. The Morgan fingerprint density at radius 1 is 1.20 bits per heavy atom. The van der Waals surface area contributed by atoms with E-state index in [4.69, 9.17) is 0 Å². The largest absolute Gasteiger partial charge is 0.354 e. The third-order valence-corrected chi connectivity index (χ3v) is 5.83. The van der Waals surface area contributed by atoms with Gasteiger partial charge >= 0.3 is 0 Å². The van der Waals surface area contributed by atoms with Crippen LogP contribution in [0.1, 0.15) is 15.4 Å². The first-order chi connectivity index (χ1) is 12.2. The second-order valence-corrected chi connectivity index (χ2v) is 7.46. The fourth-order valence-corrected chi connectivity index (χ4v) is 4.45. The van der Waals surface area contributed by atoms with Gasteiger partial charge in [0.15, 0.2) is 5.13 Å². The minimum absolute atomic E-state index is 0.0835. The predicted molar refractivity (Wildman–Crippen MR) is 102 cm³/mol. The van der Waals surface area contributed by atoms with Crippen molar-refractivity contribution in [1.29, 1.82) is 0 Å². The van der Waals surface area contributed by atoms with Gasteiger partial charge in [0, 0.05) is 13.2 Å². The molecule has 126 valence electrons. The molecule has 0 bridgehead atoms. The van der Waals surface area contributed by atoms with E-state index >= 15 is 0 Å². The van der Waals surface area contributed by atoms with Crippen LogP contribution in [-0.2, 0) is 0 Å². The summed E-state index contributed by atoms with van der Waals surface area (Å²) in [5.74, 6) is -0.0835. The summed E-state index contributed by atoms with van der Waals surface area (Å²) >= 11 is 2.97. The number of carbonyl (C=O) groups is 1. The molecule has 4 aromatic heterocycles. The van der Waals surface area contributed by atoms with Gasteiger partial charge in [0.1, 0.15) is 5.65 Å². The second kappa shape index (κ2) is 6.30. The molecular weight excluding hydrogens is 354 g/mol. The summed E-state index contributed by atoms with van der Waals surface area (Å²) in [5.41, 5.74) is 2.88. The highest BCUT2D eigenvalue weighted by molar-refractivity contribution is 7.20. The maximum atomic E-state index is 11.7. The highest BCUT2D eigenvalue weighted by Gasteiger charge is 2.15. The van der Waals surface area contributed by atoms with Gasteiger partial charge in [0.05, 0.1) is 32.3 Å². The Labute approximate surface area is 152 Å². The third-order valence-electron chi connectivity index (χ3n) is 3.73. The summed E-state index contributed by atoms with van der Waals surface area (Å²) in [6.45, 7) is 1.99. The molecule has 6 nitrogen and oxygen atoms in total. The standard InChI is InChI=1S/C17H15N5OS2/c1-10-15(11-9-19-13-5-3-4-8-22(11)13)25-17(20-10)21-14-7-6-12(24-14)16(23)18-2/h3-9H,1-2H3,(H,18,23)(H,20,21). The highest BCUT2D eigenvalue weighted by atomic mass is 32.1. The number of amides is 1. The lowest BCUT2D eigenvalue weighted by Gasteiger charge is -1.99. The molecule has 4 rings (SSSR count). The molecule has 0 spiro atoms. The van der Waals surface area contributed by atoms with Crippen LogP contribution in [0.2, 0.25) is 0 Å². The van der Waals surface area contributed by atoms with Crippen LogP contribution in [0.25, 0.3) is 16.2 Å². The second-order valence-electron chi connectivity index (χ2n) is 5.37. The molecule has 4 aromatic rings. The molecule has 0 unspecified atom stereocenters. The number of nitrogens with zero attached hydrogens (tertiary/aromatic N) is 3. The molecule has 0 aromatic carbocycles. The van der Waals surface area contributed by atoms with Crippen LogP contribution in [-0.4, -0.2) is 27.3 Å². The zero-order valence-corrected chi connectivity index (χ0v) is 15.2. The summed E-state index contributed by atoms with van der Waals surface area (Å²) in [6.07, 6.45) is 3.87. The molecule has 0 aliphatic carbocycles. The number of anilines is 2. The Hall–Kier alpha value is -2.71. The lowest BCUT2D eigenvalue weighted by Crippen LogP contribution is -2.15. The third kappa shape index (κ3) is 2.90. The van der Waals surface area contributed by atoms with Crippen LogP contribution in [0.15, 0.2) is 42.7 Å². The Morgan fingerprint density at radius 2 is 2.08 bits per heavy atom. The predicted octanol–water partition coefficient (Wildman–Crippen LogP) is 3.93. The molecule has 1 amide bonds. The molecule has 0 fully saturated rings. The number of thiazole rings is 1. The fraction of sp³-hybridized carbons (Fsp3) is 0.118. The number of hydrogen-bond acceptors (Lipinski definition) is 6. The van der Waals surface area contributed by atoms with Crippen molar-refractivity contribution < 1.29 is 4.79 Å². The number of aromatic nitrogens is 3. The summed E-state index contributed by atoms with van der Waals surface area (Å²) < 4.78 is 2.05. The molecule has 4 heterocycles. The van der Waals surface area contributed by atoms with Crippen LogP contribution in [0.5, 0.6) is 0 Å². The summed E-state index contributed by atoms with van der Waals surface area (Å²) in [4.78, 5) is 22.5. The average Bonchev–Trinajstić information content (AvgIpc) is 3.33. The maximum Gasteiger partial charge on any atom is 0.261 e. The fourth-order valence-electron chi connectivity index (χ4n) is 2.54.